The normalized spacial score (nSPS) is 9.45. The molecule has 15 nitrogen and oxygen atoms in total. The number of benzene rings is 4. The summed E-state index contributed by atoms with van der Waals surface area (Å²) in [6.07, 6.45) is 1.82. The SMILES string of the molecule is CC.CCI.CCI.CS(=O)(=O)OCc1c([N+](=O)[O-])ccc(Cl)c1Cl.O=Cc1c([N+](=O)[O-])ccc(Cl)c1Cl.O=Cc1cccc(Cl)c1Cl.O=[N+]([O-])c1ccc(Cl)c(Cl)c1CO.[CH3-].[I][V]([I])[I]. The van der Waals surface area contributed by atoms with E-state index in [0.29, 0.717) is 28.2 Å². The Morgan fingerprint density at radius 2 is 0.970 bits per heavy atom. The molecule has 0 heterocycles. The molecule has 4 aromatic carbocycles. The van der Waals surface area contributed by atoms with Crippen LogP contribution in [0.15, 0.2) is 54.6 Å². The van der Waals surface area contributed by atoms with Gasteiger partial charge in [-0.05, 0) is 33.1 Å². The Kier molecular flexibility index (Phi) is 49.9. The molecule has 372 valence electrons. The van der Waals surface area contributed by atoms with Crippen molar-refractivity contribution in [3.63, 3.8) is 0 Å². The van der Waals surface area contributed by atoms with E-state index in [0.717, 1.165) is 18.4 Å². The van der Waals surface area contributed by atoms with Crippen LogP contribution in [0.1, 0.15) is 59.5 Å². The summed E-state index contributed by atoms with van der Waals surface area (Å²) in [5.74, 6) is 0. The van der Waals surface area contributed by atoms with Crippen LogP contribution in [0.2, 0.25) is 40.2 Å². The van der Waals surface area contributed by atoms with Crippen molar-refractivity contribution in [1.29, 1.82) is 0 Å². The molecule has 0 atom stereocenters. The number of hydrogen-bond acceptors (Lipinski definition) is 12. The van der Waals surface area contributed by atoms with Gasteiger partial charge in [-0.25, -0.2) is 0 Å². The molecule has 0 fully saturated rings. The number of nitrogens with zero attached hydrogens (tertiary/aromatic N) is 3. The van der Waals surface area contributed by atoms with Crippen LogP contribution in [0.25, 0.3) is 0 Å². The number of aldehydes is 2. The van der Waals surface area contributed by atoms with Gasteiger partial charge in [-0.3, -0.25) is 44.1 Å². The minimum atomic E-state index is -3.72. The minimum absolute atomic E-state index is 0. The molecule has 1 N–H and O–H groups in total. The van der Waals surface area contributed by atoms with Gasteiger partial charge in [-0.1, -0.05) is 178 Å². The summed E-state index contributed by atoms with van der Waals surface area (Å²) in [7, 11) is -3.72. The summed E-state index contributed by atoms with van der Waals surface area (Å²) in [6.45, 7) is 7.19. The fourth-order valence-electron chi connectivity index (χ4n) is 3.40. The topological polar surface area (TPSA) is 227 Å². The van der Waals surface area contributed by atoms with E-state index in [9.17, 15) is 48.3 Å². The third-order valence-corrected chi connectivity index (χ3v) is 9.73. The van der Waals surface area contributed by atoms with Crippen molar-refractivity contribution in [2.45, 2.75) is 40.9 Å². The van der Waals surface area contributed by atoms with Crippen LogP contribution in [0, 0.1) is 37.8 Å². The first-order chi connectivity index (χ1) is 30.2. The molecule has 4 rings (SSSR count). The van der Waals surface area contributed by atoms with Gasteiger partial charge in [0.05, 0.1) is 85.5 Å². The summed E-state index contributed by atoms with van der Waals surface area (Å²) < 4.78 is 28.5. The first-order valence-electron chi connectivity index (χ1n) is 16.7. The second-order valence-corrected chi connectivity index (χ2v) is 53.2. The van der Waals surface area contributed by atoms with E-state index >= 15 is 0 Å². The van der Waals surface area contributed by atoms with Crippen LogP contribution in [0.5, 0.6) is 0 Å². The van der Waals surface area contributed by atoms with E-state index in [-0.39, 0.29) is 76.2 Å². The molecule has 0 aromatic heterocycles. The molecule has 66 heavy (non-hydrogen) atoms. The molecule has 30 heteroatoms. The molecule has 0 bridgehead atoms. The van der Waals surface area contributed by atoms with Gasteiger partial charge in [0.15, 0.2) is 12.6 Å². The Hall–Kier alpha value is 0.844. The molecule has 0 radical (unpaired) electrons. The monoisotopic (exact) mass is 1700 g/mol. The Balaban J connectivity index is -0.000000233. The van der Waals surface area contributed by atoms with E-state index in [1.165, 1.54) is 33.1 Å². The van der Waals surface area contributed by atoms with Crippen molar-refractivity contribution in [1.82, 2.24) is 0 Å². The molecule has 0 aliphatic rings. The summed E-state index contributed by atoms with van der Waals surface area (Å²) in [6, 6.07) is 12.3. The predicted molar refractivity (Wildman–Crippen MR) is 311 cm³/mol. The molecule has 0 saturated heterocycles. The molecule has 0 aliphatic carbocycles. The number of carbonyl (C=O) groups excluding carboxylic acids is 2. The van der Waals surface area contributed by atoms with Gasteiger partial charge < -0.3 is 12.5 Å². The summed E-state index contributed by atoms with van der Waals surface area (Å²) in [5.41, 5.74) is -0.716. The number of hydrogen-bond donors (Lipinski definition) is 1. The maximum absolute atomic E-state index is 10.8. The third kappa shape index (κ3) is 32.7. The Bertz CT molecular complexity index is 2260. The van der Waals surface area contributed by atoms with Crippen LogP contribution in [-0.4, -0.2) is 56.0 Å². The van der Waals surface area contributed by atoms with Gasteiger partial charge in [-0.15, -0.1) is 0 Å². The molecule has 4 aromatic rings. The zero-order chi connectivity index (χ0) is 51.8. The van der Waals surface area contributed by atoms with E-state index in [2.05, 4.69) is 123 Å². The molecule has 0 saturated carbocycles. The molecule has 0 aliphatic heterocycles. The molecule has 0 amide bonds. The third-order valence-electron chi connectivity index (χ3n) is 5.84. The Morgan fingerprint density at radius 3 is 1.29 bits per heavy atom. The first-order valence-corrected chi connectivity index (χ1v) is 38.1. The van der Waals surface area contributed by atoms with Gasteiger partial charge in [0.2, 0.25) is 0 Å². The predicted octanol–water partition coefficient (Wildman–Crippen LogP) is 17.3. The van der Waals surface area contributed by atoms with Crippen molar-refractivity contribution in [3.8, 4) is 0 Å². The van der Waals surface area contributed by atoms with E-state index in [1.54, 1.807) is 18.2 Å². The van der Waals surface area contributed by atoms with Crippen molar-refractivity contribution in [3.05, 3.63) is 155 Å². The first kappa shape index (κ1) is 75.8. The van der Waals surface area contributed by atoms with E-state index in [1.807, 2.05) is 13.8 Å². The van der Waals surface area contributed by atoms with Gasteiger partial charge in [0, 0.05) is 23.8 Å². The summed E-state index contributed by atoms with van der Waals surface area (Å²) in [4.78, 5) is 50.0. The zero-order valence-electron chi connectivity index (χ0n) is 34.7. The number of alkyl halides is 2. The van der Waals surface area contributed by atoms with Crippen molar-refractivity contribution in [2.24, 2.45) is 0 Å². The molecular formula is C36H38Cl8I5N3O12SV-. The van der Waals surface area contributed by atoms with Crippen LogP contribution in [0.4, 0.5) is 17.1 Å². The second kappa shape index (κ2) is 43.4. The summed E-state index contributed by atoms with van der Waals surface area (Å²) in [5, 5.41) is 41.3. The molecule has 0 spiro atoms. The number of carbonyl (C=O) groups is 2. The number of nitro groups is 3. The Labute approximate surface area is 488 Å². The Morgan fingerprint density at radius 1 is 0.636 bits per heavy atom. The quantitative estimate of drug-likeness (QED) is 0.0314. The van der Waals surface area contributed by atoms with Crippen molar-refractivity contribution >= 4 is 238 Å². The van der Waals surface area contributed by atoms with Gasteiger partial charge >= 0.3 is 64.9 Å². The van der Waals surface area contributed by atoms with Crippen LogP contribution >= 0.6 is 198 Å². The number of aliphatic hydroxyl groups is 1. The average Bonchev–Trinajstić information content (AvgIpc) is 3.22. The molecular weight excluding hydrogens is 1670 g/mol. The van der Waals surface area contributed by atoms with E-state index in [4.69, 9.17) is 97.9 Å². The fraction of sp³-hybridized carbons (Fsp3) is 0.250. The number of halogens is 13. The van der Waals surface area contributed by atoms with Crippen LogP contribution in [0.3, 0.4) is 0 Å². The van der Waals surface area contributed by atoms with Crippen LogP contribution < -0.4 is 0 Å². The number of nitro benzene ring substituents is 3. The zero-order valence-corrected chi connectivity index (χ0v) is 53.8. The van der Waals surface area contributed by atoms with Gasteiger partial charge in [0.1, 0.15) is 5.56 Å². The standard InChI is InChI=1S/C8H7Cl2NO5S.C7H5Cl2NO3.C7H3Cl2NO3.C7H4Cl2O.2C2H5I.C2H6.CH3.3HI.V/c1-17(14,15)16-4-5-7(11(12)13)3-2-6(9)8(5)10;2*8-5-1-2-6(10(12)13)4(3-11)7(5)9;8-6-3-1-2-5(4-10)7(6)9;2*1-2-3;1-2;;;;;/h2-3H,4H2,1H3;1-2,11H,3H2;1-3H;1-4H;2*2H2,1H3;1-2H3;1H3;3*1H;/q;;;;;;;-1;;;;+3/p-3. The maximum atomic E-state index is 10.8. The second-order valence-electron chi connectivity index (χ2n) is 10.0. The summed E-state index contributed by atoms with van der Waals surface area (Å²) >= 11 is 57.0. The fourth-order valence-corrected chi connectivity index (χ4v) is 5.24. The number of rotatable bonds is 9. The molecule has 0 unspecified atom stereocenters. The van der Waals surface area contributed by atoms with Crippen LogP contribution in [-0.2, 0) is 32.4 Å². The van der Waals surface area contributed by atoms with Gasteiger partial charge in [0.25, 0.3) is 27.2 Å². The van der Waals surface area contributed by atoms with E-state index < -0.39 is 38.1 Å². The average molecular weight is 1710 g/mol. The van der Waals surface area contributed by atoms with Gasteiger partial charge in [-0.2, -0.15) is 8.42 Å². The van der Waals surface area contributed by atoms with Crippen molar-refractivity contribution < 1.29 is 47.0 Å². The number of aliphatic hydroxyl groups excluding tert-OH is 1. The van der Waals surface area contributed by atoms with Crippen molar-refractivity contribution in [2.75, 3.05) is 15.1 Å².